The fourth-order valence-corrected chi connectivity index (χ4v) is 24.7. The lowest BCUT2D eigenvalue weighted by molar-refractivity contribution is 0.179. The molecule has 25 heteroatoms. The quantitative estimate of drug-likeness (QED) is 0.125. The number of likely N-dealkylation sites (tertiary alicyclic amines) is 2. The summed E-state index contributed by atoms with van der Waals surface area (Å²) in [6.45, 7) is 42.6. The number of nitrogens with zero attached hydrogens (tertiary/aromatic N) is 12. The summed E-state index contributed by atoms with van der Waals surface area (Å²) in [5.74, 6) is 3.85. The van der Waals surface area contributed by atoms with Gasteiger partial charge in [-0.15, -0.1) is 0 Å². The summed E-state index contributed by atoms with van der Waals surface area (Å²) in [7, 11) is 9.13. The molecule has 25 nitrogen and oxygen atoms in total. The first-order valence-corrected chi connectivity index (χ1v) is 50.1. The Kier molecular flexibility index (Phi) is 22.9. The van der Waals surface area contributed by atoms with E-state index in [2.05, 4.69) is 163 Å². The molecule has 2 saturated heterocycles. The second kappa shape index (κ2) is 35.7. The van der Waals surface area contributed by atoms with Crippen LogP contribution in [0.5, 0.6) is 28.7 Å². The lowest BCUT2D eigenvalue weighted by Crippen LogP contribution is -2.51. The first-order chi connectivity index (χ1) is 69.7. The highest BCUT2D eigenvalue weighted by atomic mass is 16.5. The molecule has 0 aliphatic carbocycles. The number of nitrogens with two attached hydrogens (primary N) is 3. The number of hydrogen-bond donors (Lipinski definition) is 3. The number of benzene rings is 10. The van der Waals surface area contributed by atoms with E-state index in [1.165, 1.54) is 54.4 Å². The highest BCUT2D eigenvalue weighted by Crippen LogP contribution is 2.57. The van der Waals surface area contributed by atoms with Crippen LogP contribution in [0.2, 0.25) is 0 Å². The van der Waals surface area contributed by atoms with Crippen LogP contribution in [-0.4, -0.2) is 155 Å². The molecular weight excluding hydrogens is 1800 g/mol. The first-order valence-electron chi connectivity index (χ1n) is 50.1. The molecule has 730 valence electrons. The third-order valence-corrected chi connectivity index (χ3v) is 31.7. The molecule has 0 saturated carbocycles. The highest BCUT2D eigenvalue weighted by Gasteiger charge is 2.44. The fraction of sp³-hybridized carbons (Fsp3) is 0.286. The van der Waals surface area contributed by atoms with Gasteiger partial charge in [0.15, 0.2) is 28.7 Å². The molecule has 2 fully saturated rings. The van der Waals surface area contributed by atoms with Crippen molar-refractivity contribution in [2.45, 2.75) is 96.9 Å². The molecule has 6 N–H and O–H groups in total. The molecule has 10 aromatic carbocycles. The number of fused-ring (bicyclic) bond motifs is 20. The van der Waals surface area contributed by atoms with Crippen molar-refractivity contribution in [3.05, 3.63) is 323 Å². The lowest BCUT2D eigenvalue weighted by Gasteiger charge is -2.45. The van der Waals surface area contributed by atoms with Crippen LogP contribution in [-0.2, 0) is 35.2 Å². The van der Waals surface area contributed by atoms with Crippen LogP contribution in [0.4, 0.5) is 28.4 Å². The molecule has 5 atom stereocenters. The molecule has 27 rings (SSSR count). The highest BCUT2D eigenvalue weighted by molar-refractivity contribution is 6.18. The number of aromatic nitrogens is 5. The summed E-state index contributed by atoms with van der Waals surface area (Å²) >= 11 is 0. The van der Waals surface area contributed by atoms with E-state index in [0.717, 1.165) is 251 Å². The monoisotopic (exact) mass is 1920 g/mol. The van der Waals surface area contributed by atoms with Gasteiger partial charge in [0.2, 0.25) is 0 Å². The van der Waals surface area contributed by atoms with E-state index in [9.17, 15) is 24.0 Å². The van der Waals surface area contributed by atoms with E-state index in [-0.39, 0.29) is 58.0 Å². The van der Waals surface area contributed by atoms with Gasteiger partial charge in [0.1, 0.15) is 33.0 Å². The number of pyridine rings is 5. The fourth-order valence-electron chi connectivity index (χ4n) is 24.7. The largest absolute Gasteiger partial charge is 0.487 e. The summed E-state index contributed by atoms with van der Waals surface area (Å²) in [5, 5.41) is 13.6. The Morgan fingerprint density at radius 1 is 0.264 bits per heavy atom. The molecule has 12 aliphatic heterocycles. The summed E-state index contributed by atoms with van der Waals surface area (Å²) in [4.78, 5) is 81.6. The van der Waals surface area contributed by atoms with Gasteiger partial charge in [-0.1, -0.05) is 130 Å². The van der Waals surface area contributed by atoms with Crippen molar-refractivity contribution >= 4 is 165 Å². The van der Waals surface area contributed by atoms with Crippen molar-refractivity contribution in [3.8, 4) is 28.7 Å². The van der Waals surface area contributed by atoms with Crippen LogP contribution < -0.4 is 93.2 Å². The van der Waals surface area contributed by atoms with Crippen LogP contribution in [0.15, 0.2) is 267 Å². The van der Waals surface area contributed by atoms with Crippen molar-refractivity contribution in [1.29, 1.82) is 0 Å². The summed E-state index contributed by atoms with van der Waals surface area (Å²) in [6, 6.07) is 50.5. The maximum Gasteiger partial charge on any atom is 0.258 e. The second-order valence-corrected chi connectivity index (χ2v) is 40.4. The number of anilines is 5. The van der Waals surface area contributed by atoms with Gasteiger partial charge in [0, 0.05) is 178 Å². The molecule has 0 amide bonds. The zero-order chi connectivity index (χ0) is 99.9. The zero-order valence-electron chi connectivity index (χ0n) is 83.4. The number of ether oxygens (including phenoxy) is 5. The zero-order valence-corrected chi connectivity index (χ0v) is 83.4. The predicted octanol–water partition coefficient (Wildman–Crippen LogP) is 18.4. The molecule has 0 spiro atoms. The normalized spacial score (nSPS) is 19.5. The van der Waals surface area contributed by atoms with Gasteiger partial charge in [0.25, 0.3) is 27.8 Å². The average molecular weight is 1920 g/mol. The third-order valence-electron chi connectivity index (χ3n) is 31.7. The molecular formula is C119H119N15O10. The smallest absolute Gasteiger partial charge is 0.258 e. The van der Waals surface area contributed by atoms with E-state index in [0.29, 0.717) is 68.8 Å². The number of aryl methyl sites for hydroxylation is 5. The molecule has 15 aromatic rings. The predicted molar refractivity (Wildman–Crippen MR) is 589 cm³/mol. The summed E-state index contributed by atoms with van der Waals surface area (Å²) in [6.07, 6.45) is 17.1. The van der Waals surface area contributed by atoms with Crippen LogP contribution in [0, 0.1) is 0 Å². The van der Waals surface area contributed by atoms with Crippen LogP contribution in [0.1, 0.15) is 94.5 Å². The number of rotatable bonds is 7. The SMILES string of the molecule is C=C1C=C(C)c2cc3c4ccccc4c(=O)n(C)c3c3c2N1C(CN)CO3.C=C1C=C(C)c2cc3c4ccccc4c(=O)n(C)c3c3c2N1[C@@H](CN)CO3.C=C1C=C(C)c2cc3c4ccccc4c(=O)n(C)c3c3c2N1[C@@H](CN1CCCC1)CO3.C=C1C=C(C)c2cc3c4ccccc4c(=O)n(C)c3c3c2N1[C@@H](CN1CCCCC1)CO3.C=C1C=C(C)c2cc3c4ccccc4c(=O)n(C)c3c3c2N1[C@H](CN)CO3. The van der Waals surface area contributed by atoms with E-state index in [4.69, 9.17) is 40.9 Å². The number of hydrogen-bond acceptors (Lipinski definition) is 20. The lowest BCUT2D eigenvalue weighted by atomic mass is 9.91. The van der Waals surface area contributed by atoms with Gasteiger partial charge in [-0.3, -0.25) is 24.0 Å². The standard InChI is InChI=1S/C27H29N3O2.C26H27N3O2.3C22H21N3O2/c1-17-13-18(2)30-19(15-29-11-7-4-8-12-29)16-32-26-24-23(14-22(17)25(26)30)20-9-5-6-10-21(20)27(31)28(24)3;1-16-12-17(2)29-18(14-28-10-6-7-11-28)15-31-25-23-22(13-21(16)24(25)29)19-8-4-5-9-20(19)26(30)27(23)3;3*1-12-8-13(2)25-14(10-23)11-27-21-19-18(9-17(12)20(21)25)15-6-4-5-7-16(15)22(26)24(19)3/h5-6,9-10,13-14,19H,2,4,7-8,11-12,15-16H2,1,3H3;4-5,8-9,12-13,18H,2,6-7,10-11,14-15H2,1,3H3;3*4-9,14H,2,10-11,23H2,1,3H3/t19-;18-;2*14-;/m0010./s1. The average Bonchev–Trinajstić information content (AvgIpc) is 0.836. The Balaban J connectivity index is 0.0000000999. The van der Waals surface area contributed by atoms with Crippen LogP contribution in [0.25, 0.3) is 136 Å². The van der Waals surface area contributed by atoms with Crippen molar-refractivity contribution in [2.24, 2.45) is 52.4 Å². The number of allylic oxidation sites excluding steroid dienone is 10. The van der Waals surface area contributed by atoms with E-state index in [1.54, 1.807) is 22.8 Å². The Bertz CT molecular complexity index is 8280. The van der Waals surface area contributed by atoms with Gasteiger partial charge in [-0.25, -0.2) is 0 Å². The van der Waals surface area contributed by atoms with Crippen molar-refractivity contribution in [2.75, 3.05) is 116 Å². The molecule has 17 heterocycles. The Labute approximate surface area is 833 Å². The Morgan fingerprint density at radius 3 is 0.646 bits per heavy atom. The van der Waals surface area contributed by atoms with Crippen molar-refractivity contribution in [1.82, 2.24) is 32.6 Å². The van der Waals surface area contributed by atoms with Crippen molar-refractivity contribution in [3.63, 3.8) is 0 Å². The first kappa shape index (κ1) is 92.5. The van der Waals surface area contributed by atoms with E-state index < -0.39 is 0 Å². The Hall–Kier alpha value is -15.3. The van der Waals surface area contributed by atoms with E-state index >= 15 is 0 Å². The van der Waals surface area contributed by atoms with E-state index in [1.807, 2.05) is 157 Å². The van der Waals surface area contributed by atoms with Gasteiger partial charge < -0.3 is 98.0 Å². The topological polar surface area (TPSA) is 257 Å². The maximum atomic E-state index is 13.2. The van der Waals surface area contributed by atoms with Gasteiger partial charge in [0.05, 0.1) is 86.2 Å². The third kappa shape index (κ3) is 14.3. The van der Waals surface area contributed by atoms with Crippen LogP contribution in [0.3, 0.4) is 0 Å². The molecule has 5 aromatic heterocycles. The molecule has 144 heavy (non-hydrogen) atoms. The molecule has 12 aliphatic rings. The van der Waals surface area contributed by atoms with Crippen molar-refractivity contribution < 1.29 is 23.7 Å². The van der Waals surface area contributed by atoms with Gasteiger partial charge in [-0.2, -0.15) is 0 Å². The Morgan fingerprint density at radius 2 is 0.444 bits per heavy atom. The summed E-state index contributed by atoms with van der Waals surface area (Å²) < 4.78 is 40.3. The maximum absolute atomic E-state index is 13.2. The molecule has 1 unspecified atom stereocenters. The van der Waals surface area contributed by atoms with Gasteiger partial charge in [-0.05, 0) is 232 Å². The number of piperidine rings is 1. The summed E-state index contributed by atoms with van der Waals surface area (Å²) in [5.41, 5.74) is 43.4. The van der Waals surface area contributed by atoms with Gasteiger partial charge >= 0.3 is 0 Å². The minimum absolute atomic E-state index is 0.00976. The minimum atomic E-state index is -0.0210. The molecule has 0 bridgehead atoms. The second-order valence-electron chi connectivity index (χ2n) is 40.4. The molecule has 0 radical (unpaired) electrons. The minimum Gasteiger partial charge on any atom is -0.487 e. The van der Waals surface area contributed by atoms with Crippen LogP contribution >= 0.6 is 0 Å².